The number of rotatable bonds is 5. The number of halogens is 1. The zero-order valence-corrected chi connectivity index (χ0v) is 15.1. The molecule has 0 aliphatic rings. The van der Waals surface area contributed by atoms with Crippen molar-refractivity contribution in [2.24, 2.45) is 0 Å². The van der Waals surface area contributed by atoms with E-state index in [-0.39, 0.29) is 11.9 Å². The predicted octanol–water partition coefficient (Wildman–Crippen LogP) is 5.03. The van der Waals surface area contributed by atoms with E-state index in [4.69, 9.17) is 9.47 Å². The first-order valence-corrected chi connectivity index (χ1v) is 8.19. The summed E-state index contributed by atoms with van der Waals surface area (Å²) >= 11 is 0. The van der Waals surface area contributed by atoms with E-state index in [0.717, 1.165) is 5.56 Å². The van der Waals surface area contributed by atoms with E-state index in [2.05, 4.69) is 0 Å². The molecule has 0 aliphatic carbocycles. The number of nitrogens with zero attached hydrogens (tertiary/aromatic N) is 1. The van der Waals surface area contributed by atoms with Crippen LogP contribution in [0.15, 0.2) is 48.5 Å². The highest BCUT2D eigenvalue weighted by atomic mass is 19.1. The molecule has 134 valence electrons. The molecule has 0 fully saturated rings. The zero-order valence-electron chi connectivity index (χ0n) is 15.1. The van der Waals surface area contributed by atoms with E-state index in [9.17, 15) is 9.18 Å². The molecule has 2 rings (SSSR count). The van der Waals surface area contributed by atoms with E-state index in [0.29, 0.717) is 24.5 Å². The van der Waals surface area contributed by atoms with Gasteiger partial charge >= 0.3 is 6.09 Å². The summed E-state index contributed by atoms with van der Waals surface area (Å²) in [7, 11) is 1.72. The average Bonchev–Trinajstić information content (AvgIpc) is 2.54. The lowest BCUT2D eigenvalue weighted by molar-refractivity contribution is 0.0301. The molecular weight excluding hydrogens is 321 g/mol. The van der Waals surface area contributed by atoms with Crippen LogP contribution in [0.25, 0.3) is 0 Å². The summed E-state index contributed by atoms with van der Waals surface area (Å²) in [5.74, 6) is 0.964. The number of hydrogen-bond donors (Lipinski definition) is 0. The Morgan fingerprint density at radius 1 is 1.00 bits per heavy atom. The summed E-state index contributed by atoms with van der Waals surface area (Å²) in [6.45, 7) is 6.10. The molecule has 5 heteroatoms. The third kappa shape index (κ3) is 6.45. The number of carbonyl (C=O) groups excluding carboxylic acids is 1. The number of carbonyl (C=O) groups is 1. The van der Waals surface area contributed by atoms with Gasteiger partial charge in [-0.3, -0.25) is 0 Å². The molecule has 0 N–H and O–H groups in total. The van der Waals surface area contributed by atoms with Crippen molar-refractivity contribution in [1.82, 2.24) is 4.90 Å². The van der Waals surface area contributed by atoms with Crippen LogP contribution < -0.4 is 4.74 Å². The Hall–Kier alpha value is -2.56. The molecule has 0 bridgehead atoms. The van der Waals surface area contributed by atoms with Gasteiger partial charge in [0.15, 0.2) is 0 Å². The molecule has 0 atom stereocenters. The van der Waals surface area contributed by atoms with Gasteiger partial charge in [-0.2, -0.15) is 0 Å². The molecular formula is C20H24FNO3. The maximum atomic E-state index is 12.9. The summed E-state index contributed by atoms with van der Waals surface area (Å²) < 4.78 is 23.9. The minimum Gasteiger partial charge on any atom is -0.457 e. The number of benzene rings is 2. The highest BCUT2D eigenvalue weighted by Crippen LogP contribution is 2.22. The fourth-order valence-electron chi connectivity index (χ4n) is 2.09. The van der Waals surface area contributed by atoms with Crippen molar-refractivity contribution < 1.29 is 18.7 Å². The number of amides is 1. The molecule has 2 aromatic rings. The van der Waals surface area contributed by atoms with E-state index in [1.165, 1.54) is 12.1 Å². The lowest BCUT2D eigenvalue weighted by Crippen LogP contribution is -2.35. The van der Waals surface area contributed by atoms with Crippen molar-refractivity contribution in [3.8, 4) is 11.5 Å². The highest BCUT2D eigenvalue weighted by molar-refractivity contribution is 5.67. The molecule has 0 saturated carbocycles. The topological polar surface area (TPSA) is 38.8 Å². The van der Waals surface area contributed by atoms with Crippen LogP contribution in [0.4, 0.5) is 9.18 Å². The molecule has 0 radical (unpaired) electrons. The standard InChI is InChI=1S/C20H24FNO3/c1-20(2,3)25-19(23)22(4)14-13-15-5-9-17(10-6-15)24-18-11-7-16(21)8-12-18/h5-12H,13-14H2,1-4H3. The van der Waals surface area contributed by atoms with Crippen molar-refractivity contribution in [3.05, 3.63) is 59.9 Å². The average molecular weight is 345 g/mol. The van der Waals surface area contributed by atoms with Crippen molar-refractivity contribution in [3.63, 3.8) is 0 Å². The highest BCUT2D eigenvalue weighted by Gasteiger charge is 2.19. The van der Waals surface area contributed by atoms with Gasteiger partial charge in [0.2, 0.25) is 0 Å². The quantitative estimate of drug-likeness (QED) is 0.763. The predicted molar refractivity (Wildman–Crippen MR) is 95.5 cm³/mol. The van der Waals surface area contributed by atoms with Crippen LogP contribution in [-0.4, -0.2) is 30.2 Å². The van der Waals surface area contributed by atoms with E-state index in [1.54, 1.807) is 24.1 Å². The van der Waals surface area contributed by atoms with Gasteiger partial charge in [-0.1, -0.05) is 12.1 Å². The van der Waals surface area contributed by atoms with Crippen molar-refractivity contribution in [2.75, 3.05) is 13.6 Å². The summed E-state index contributed by atoms with van der Waals surface area (Å²) in [6, 6.07) is 13.5. The minimum atomic E-state index is -0.495. The lowest BCUT2D eigenvalue weighted by atomic mass is 10.1. The van der Waals surface area contributed by atoms with Gasteiger partial charge < -0.3 is 14.4 Å². The van der Waals surface area contributed by atoms with Crippen LogP contribution in [0.2, 0.25) is 0 Å². The molecule has 0 aliphatic heterocycles. The third-order valence-electron chi connectivity index (χ3n) is 3.41. The molecule has 1 amide bonds. The summed E-state index contributed by atoms with van der Waals surface area (Å²) in [5, 5.41) is 0. The first kappa shape index (κ1) is 18.8. The lowest BCUT2D eigenvalue weighted by Gasteiger charge is -2.24. The van der Waals surface area contributed by atoms with Crippen LogP contribution in [0.3, 0.4) is 0 Å². The molecule has 0 spiro atoms. The number of hydrogen-bond acceptors (Lipinski definition) is 3. The van der Waals surface area contributed by atoms with Gasteiger partial charge in [0.1, 0.15) is 22.9 Å². The van der Waals surface area contributed by atoms with Crippen molar-refractivity contribution >= 4 is 6.09 Å². The van der Waals surface area contributed by atoms with Gasteiger partial charge in [0.05, 0.1) is 0 Å². The Morgan fingerprint density at radius 3 is 2.04 bits per heavy atom. The van der Waals surface area contributed by atoms with Crippen LogP contribution in [0.5, 0.6) is 11.5 Å². The maximum Gasteiger partial charge on any atom is 0.410 e. The Kier molecular flexibility index (Phi) is 6.02. The molecule has 4 nitrogen and oxygen atoms in total. The molecule has 25 heavy (non-hydrogen) atoms. The van der Waals surface area contributed by atoms with Gasteiger partial charge in [0, 0.05) is 13.6 Å². The second-order valence-corrected chi connectivity index (χ2v) is 6.85. The van der Waals surface area contributed by atoms with Crippen molar-refractivity contribution in [2.45, 2.75) is 32.8 Å². The summed E-state index contributed by atoms with van der Waals surface area (Å²) in [4.78, 5) is 13.5. The first-order chi connectivity index (χ1) is 11.7. The molecule has 0 aromatic heterocycles. The van der Waals surface area contributed by atoms with E-state index in [1.807, 2.05) is 45.0 Å². The maximum absolute atomic E-state index is 12.9. The second kappa shape index (κ2) is 8.01. The van der Waals surface area contributed by atoms with Gasteiger partial charge in [-0.25, -0.2) is 9.18 Å². The molecule has 0 heterocycles. The minimum absolute atomic E-state index is 0.295. The Morgan fingerprint density at radius 2 is 1.52 bits per heavy atom. The first-order valence-electron chi connectivity index (χ1n) is 8.19. The fraction of sp³-hybridized carbons (Fsp3) is 0.350. The SMILES string of the molecule is CN(CCc1ccc(Oc2ccc(F)cc2)cc1)C(=O)OC(C)(C)C. The van der Waals surface area contributed by atoms with Crippen LogP contribution >= 0.6 is 0 Å². The van der Waals surface area contributed by atoms with Crippen LogP contribution in [-0.2, 0) is 11.2 Å². The van der Waals surface area contributed by atoms with E-state index >= 15 is 0 Å². The summed E-state index contributed by atoms with van der Waals surface area (Å²) in [6.07, 6.45) is 0.385. The Balaban J connectivity index is 1.85. The molecule has 2 aromatic carbocycles. The summed E-state index contributed by atoms with van der Waals surface area (Å²) in [5.41, 5.74) is 0.590. The number of likely N-dealkylation sites (N-methyl/N-ethyl adjacent to an activating group) is 1. The second-order valence-electron chi connectivity index (χ2n) is 6.85. The van der Waals surface area contributed by atoms with Gasteiger partial charge in [-0.15, -0.1) is 0 Å². The fourth-order valence-corrected chi connectivity index (χ4v) is 2.09. The Labute approximate surface area is 148 Å². The smallest absolute Gasteiger partial charge is 0.410 e. The van der Waals surface area contributed by atoms with Crippen molar-refractivity contribution in [1.29, 1.82) is 0 Å². The van der Waals surface area contributed by atoms with Crippen LogP contribution in [0.1, 0.15) is 26.3 Å². The number of ether oxygens (including phenoxy) is 2. The van der Waals surface area contributed by atoms with Gasteiger partial charge in [-0.05, 0) is 69.2 Å². The Bertz CT molecular complexity index is 690. The van der Waals surface area contributed by atoms with Gasteiger partial charge in [0.25, 0.3) is 0 Å². The third-order valence-corrected chi connectivity index (χ3v) is 3.41. The van der Waals surface area contributed by atoms with Crippen LogP contribution in [0, 0.1) is 5.82 Å². The zero-order chi connectivity index (χ0) is 18.4. The molecule has 0 saturated heterocycles. The van der Waals surface area contributed by atoms with E-state index < -0.39 is 5.60 Å². The normalized spacial score (nSPS) is 11.1. The monoisotopic (exact) mass is 345 g/mol. The molecule has 0 unspecified atom stereocenters. The largest absolute Gasteiger partial charge is 0.457 e.